The van der Waals surface area contributed by atoms with Gasteiger partial charge < -0.3 is 14.1 Å². The number of amides is 2. The van der Waals surface area contributed by atoms with Crippen LogP contribution in [0.3, 0.4) is 0 Å². The van der Waals surface area contributed by atoms with E-state index in [1.165, 1.54) is 11.2 Å². The predicted octanol–water partition coefficient (Wildman–Crippen LogP) is 4.09. The zero-order valence-electron chi connectivity index (χ0n) is 17.6. The van der Waals surface area contributed by atoms with Crippen molar-refractivity contribution in [2.24, 2.45) is 0 Å². The highest BCUT2D eigenvalue weighted by Crippen LogP contribution is 2.33. The normalized spacial score (nSPS) is 13.8. The Labute approximate surface area is 181 Å². The van der Waals surface area contributed by atoms with Crippen molar-refractivity contribution >= 4 is 17.4 Å². The number of rotatable bonds is 8. The summed E-state index contributed by atoms with van der Waals surface area (Å²) in [5, 5.41) is 0. The number of benzene rings is 2. The highest BCUT2D eigenvalue weighted by Gasteiger charge is 2.41. The molecule has 0 atom stereocenters. The Morgan fingerprint density at radius 1 is 0.935 bits per heavy atom. The Morgan fingerprint density at radius 2 is 1.68 bits per heavy atom. The summed E-state index contributed by atoms with van der Waals surface area (Å²) in [6, 6.07) is 20.6. The van der Waals surface area contributed by atoms with Crippen LogP contribution in [0, 0.1) is 0 Å². The highest BCUT2D eigenvalue weighted by molar-refractivity contribution is 6.35. The number of nitrogens with zero attached hydrogens (tertiary/aromatic N) is 2. The van der Waals surface area contributed by atoms with Crippen LogP contribution >= 0.6 is 0 Å². The molecule has 0 unspecified atom stereocenters. The number of carbonyl (C=O) groups excluding carboxylic acids is 2. The van der Waals surface area contributed by atoms with Crippen molar-refractivity contribution in [2.45, 2.75) is 20.0 Å². The monoisotopic (exact) mass is 416 g/mol. The fourth-order valence-corrected chi connectivity index (χ4v) is 3.70. The lowest BCUT2D eigenvalue weighted by Crippen LogP contribution is -2.33. The minimum atomic E-state index is -0.333. The maximum Gasteiger partial charge on any atom is 0.278 e. The van der Waals surface area contributed by atoms with Crippen LogP contribution in [0.2, 0.25) is 0 Å². The molecule has 1 aliphatic heterocycles. The topological polar surface area (TPSA) is 63.0 Å². The van der Waals surface area contributed by atoms with Crippen LogP contribution in [-0.4, -0.2) is 35.3 Å². The Bertz CT molecular complexity index is 1090. The zero-order chi connectivity index (χ0) is 21.8. The second-order valence-electron chi connectivity index (χ2n) is 7.30. The molecule has 0 saturated carbocycles. The van der Waals surface area contributed by atoms with Crippen molar-refractivity contribution in [2.75, 3.05) is 13.7 Å². The molecular formula is C25H24N2O4. The van der Waals surface area contributed by atoms with E-state index in [1.54, 1.807) is 12.1 Å². The average Bonchev–Trinajstić information content (AvgIpc) is 3.37. The molecule has 4 rings (SSSR count). The Balaban J connectivity index is 1.71. The molecule has 0 radical (unpaired) electrons. The molecule has 2 heterocycles. The van der Waals surface area contributed by atoms with Gasteiger partial charge in [-0.15, -0.1) is 0 Å². The number of ether oxygens (including phenoxy) is 1. The van der Waals surface area contributed by atoms with E-state index >= 15 is 0 Å². The molecule has 1 aromatic heterocycles. The van der Waals surface area contributed by atoms with Crippen molar-refractivity contribution in [3.8, 4) is 5.75 Å². The molecule has 0 aliphatic carbocycles. The van der Waals surface area contributed by atoms with Gasteiger partial charge in [-0.2, -0.15) is 0 Å². The largest absolute Gasteiger partial charge is 0.494 e. The van der Waals surface area contributed by atoms with E-state index in [9.17, 15) is 9.59 Å². The van der Waals surface area contributed by atoms with Crippen molar-refractivity contribution in [1.29, 1.82) is 0 Å². The third-order valence-electron chi connectivity index (χ3n) is 5.14. The SMILES string of the molecule is CCOc1ccc(C2=C(N(C)Cc3ccccc3)C(=O)N(Cc3ccco3)C2=O)cc1. The number of carbonyl (C=O) groups is 2. The molecule has 2 amide bonds. The fraction of sp³-hybridized carbons (Fsp3) is 0.200. The molecule has 31 heavy (non-hydrogen) atoms. The zero-order valence-corrected chi connectivity index (χ0v) is 17.6. The van der Waals surface area contributed by atoms with E-state index in [2.05, 4.69) is 0 Å². The van der Waals surface area contributed by atoms with Crippen LogP contribution in [0.4, 0.5) is 0 Å². The van der Waals surface area contributed by atoms with Gasteiger partial charge in [-0.25, -0.2) is 0 Å². The molecule has 158 valence electrons. The Kier molecular flexibility index (Phi) is 5.89. The summed E-state index contributed by atoms with van der Waals surface area (Å²) in [6.07, 6.45) is 1.53. The minimum Gasteiger partial charge on any atom is -0.494 e. The summed E-state index contributed by atoms with van der Waals surface area (Å²) >= 11 is 0. The second kappa shape index (κ2) is 8.92. The molecule has 0 spiro atoms. The van der Waals surface area contributed by atoms with Crippen LogP contribution in [-0.2, 0) is 22.7 Å². The van der Waals surface area contributed by atoms with Crippen LogP contribution in [0.15, 0.2) is 83.1 Å². The third kappa shape index (κ3) is 4.23. The van der Waals surface area contributed by atoms with Gasteiger partial charge in [0.05, 0.1) is 25.0 Å². The fourth-order valence-electron chi connectivity index (χ4n) is 3.70. The summed E-state index contributed by atoms with van der Waals surface area (Å²) in [5.74, 6) is 0.610. The first kappa shape index (κ1) is 20.5. The molecule has 1 aliphatic rings. The average molecular weight is 416 g/mol. The summed E-state index contributed by atoms with van der Waals surface area (Å²) in [6.45, 7) is 3.07. The number of hydrogen-bond donors (Lipinski definition) is 0. The van der Waals surface area contributed by atoms with Gasteiger partial charge in [0.15, 0.2) is 0 Å². The summed E-state index contributed by atoms with van der Waals surface area (Å²) < 4.78 is 10.9. The van der Waals surface area contributed by atoms with Gasteiger partial charge in [0, 0.05) is 13.6 Å². The number of furan rings is 1. The molecule has 2 aromatic carbocycles. The molecule has 0 fully saturated rings. The molecule has 6 heteroatoms. The Hall–Kier alpha value is -3.80. The van der Waals surface area contributed by atoms with E-state index in [-0.39, 0.29) is 18.4 Å². The third-order valence-corrected chi connectivity index (χ3v) is 5.14. The van der Waals surface area contributed by atoms with E-state index < -0.39 is 0 Å². The predicted molar refractivity (Wildman–Crippen MR) is 117 cm³/mol. The standard InChI is InChI=1S/C25H24N2O4/c1-3-30-20-13-11-19(12-14-20)22-23(26(2)16-18-8-5-4-6-9-18)25(29)27(24(22)28)17-21-10-7-15-31-21/h4-15H,3,16-17H2,1-2H3. The first-order valence-corrected chi connectivity index (χ1v) is 10.2. The van der Waals surface area contributed by atoms with Crippen molar-refractivity contribution in [3.05, 3.63) is 95.6 Å². The lowest BCUT2D eigenvalue weighted by molar-refractivity contribution is -0.138. The number of likely N-dealkylation sites (N-methyl/N-ethyl adjacent to an activating group) is 1. The first-order chi connectivity index (χ1) is 15.1. The number of hydrogen-bond acceptors (Lipinski definition) is 5. The van der Waals surface area contributed by atoms with Gasteiger partial charge in [0.25, 0.3) is 11.8 Å². The smallest absolute Gasteiger partial charge is 0.278 e. The van der Waals surface area contributed by atoms with Crippen molar-refractivity contribution in [1.82, 2.24) is 9.80 Å². The quantitative estimate of drug-likeness (QED) is 0.518. The van der Waals surface area contributed by atoms with Gasteiger partial charge >= 0.3 is 0 Å². The number of imide groups is 1. The summed E-state index contributed by atoms with van der Waals surface area (Å²) in [5.41, 5.74) is 2.49. The van der Waals surface area contributed by atoms with Crippen LogP contribution < -0.4 is 4.74 Å². The van der Waals surface area contributed by atoms with E-state index in [1.807, 2.05) is 73.5 Å². The van der Waals surface area contributed by atoms with E-state index in [4.69, 9.17) is 9.15 Å². The lowest BCUT2D eigenvalue weighted by atomic mass is 10.0. The lowest BCUT2D eigenvalue weighted by Gasteiger charge is -2.21. The van der Waals surface area contributed by atoms with Crippen molar-refractivity contribution < 1.29 is 18.7 Å². The molecule has 0 saturated heterocycles. The van der Waals surface area contributed by atoms with Crippen LogP contribution in [0.1, 0.15) is 23.8 Å². The summed E-state index contributed by atoms with van der Waals surface area (Å²) in [7, 11) is 1.83. The maximum atomic E-state index is 13.4. The molecular weight excluding hydrogens is 392 g/mol. The van der Waals surface area contributed by atoms with Crippen LogP contribution in [0.5, 0.6) is 5.75 Å². The maximum absolute atomic E-state index is 13.4. The Morgan fingerprint density at radius 3 is 2.32 bits per heavy atom. The minimum absolute atomic E-state index is 0.0911. The van der Waals surface area contributed by atoms with Gasteiger partial charge in [0.1, 0.15) is 17.2 Å². The molecule has 3 aromatic rings. The molecule has 0 N–H and O–H groups in total. The van der Waals surface area contributed by atoms with Crippen LogP contribution in [0.25, 0.3) is 5.57 Å². The molecule has 0 bridgehead atoms. The molecule has 6 nitrogen and oxygen atoms in total. The van der Waals surface area contributed by atoms with Gasteiger partial charge in [0.2, 0.25) is 0 Å². The van der Waals surface area contributed by atoms with Gasteiger partial charge in [-0.1, -0.05) is 42.5 Å². The van der Waals surface area contributed by atoms with Gasteiger partial charge in [-0.05, 0) is 42.3 Å². The highest BCUT2D eigenvalue weighted by atomic mass is 16.5. The second-order valence-corrected chi connectivity index (χ2v) is 7.30. The summed E-state index contributed by atoms with van der Waals surface area (Å²) in [4.78, 5) is 29.8. The van der Waals surface area contributed by atoms with E-state index in [0.29, 0.717) is 35.7 Å². The van der Waals surface area contributed by atoms with E-state index in [0.717, 1.165) is 11.3 Å². The first-order valence-electron chi connectivity index (χ1n) is 10.2. The van der Waals surface area contributed by atoms with Crippen molar-refractivity contribution in [3.63, 3.8) is 0 Å². The van der Waals surface area contributed by atoms with Gasteiger partial charge in [-0.3, -0.25) is 14.5 Å².